The molecule has 1 atom stereocenters. The summed E-state index contributed by atoms with van der Waals surface area (Å²) >= 11 is 0. The number of amides is 2. The topological polar surface area (TPSA) is 86.8 Å². The average Bonchev–Trinajstić information content (AvgIpc) is 2.88. The van der Waals surface area contributed by atoms with Crippen molar-refractivity contribution in [2.24, 2.45) is 0 Å². The van der Waals surface area contributed by atoms with Crippen LogP contribution in [0.4, 0.5) is 10.1 Å². The van der Waals surface area contributed by atoms with Crippen LogP contribution < -0.4 is 9.62 Å². The van der Waals surface area contributed by atoms with Crippen molar-refractivity contribution in [1.82, 2.24) is 10.2 Å². The van der Waals surface area contributed by atoms with E-state index in [2.05, 4.69) is 5.32 Å². The molecule has 3 rings (SSSR count). The molecule has 0 fully saturated rings. The molecule has 0 saturated carbocycles. The van der Waals surface area contributed by atoms with Crippen LogP contribution in [0.3, 0.4) is 0 Å². The highest BCUT2D eigenvalue weighted by Crippen LogP contribution is 2.25. The van der Waals surface area contributed by atoms with E-state index < -0.39 is 39.9 Å². The van der Waals surface area contributed by atoms with Crippen molar-refractivity contribution >= 4 is 27.5 Å². The maximum absolute atomic E-state index is 14.0. The Morgan fingerprint density at radius 2 is 1.51 bits per heavy atom. The van der Waals surface area contributed by atoms with Crippen LogP contribution in [0.1, 0.15) is 45.2 Å². The molecule has 3 aromatic carbocycles. The number of benzene rings is 3. The molecule has 7 nitrogen and oxygen atoms in total. The first-order valence-electron chi connectivity index (χ1n) is 12.8. The van der Waals surface area contributed by atoms with Gasteiger partial charge >= 0.3 is 0 Å². The van der Waals surface area contributed by atoms with Crippen LogP contribution in [-0.4, -0.2) is 43.3 Å². The van der Waals surface area contributed by atoms with Crippen LogP contribution in [0.15, 0.2) is 83.8 Å². The van der Waals surface area contributed by atoms with E-state index in [9.17, 15) is 22.4 Å². The smallest absolute Gasteiger partial charge is 0.264 e. The van der Waals surface area contributed by atoms with E-state index in [0.29, 0.717) is 6.42 Å². The van der Waals surface area contributed by atoms with Gasteiger partial charge in [0.1, 0.15) is 18.4 Å². The number of hydrogen-bond acceptors (Lipinski definition) is 4. The Morgan fingerprint density at radius 3 is 2.08 bits per heavy atom. The summed E-state index contributed by atoms with van der Waals surface area (Å²) in [5.41, 5.74) is 1.39. The summed E-state index contributed by atoms with van der Waals surface area (Å²) in [5.74, 6) is -1.42. The Balaban J connectivity index is 2.07. The molecule has 0 spiro atoms. The van der Waals surface area contributed by atoms with Gasteiger partial charge in [-0.2, -0.15) is 0 Å². The molecule has 0 aliphatic carbocycles. The van der Waals surface area contributed by atoms with E-state index in [1.807, 2.05) is 58.9 Å². The number of nitrogens with zero attached hydrogens (tertiary/aromatic N) is 2. The number of carbonyl (C=O) groups is 2. The summed E-state index contributed by atoms with van der Waals surface area (Å²) in [6.45, 7) is 8.83. The van der Waals surface area contributed by atoms with Gasteiger partial charge in [-0.25, -0.2) is 12.8 Å². The predicted molar refractivity (Wildman–Crippen MR) is 151 cm³/mol. The highest BCUT2D eigenvalue weighted by molar-refractivity contribution is 7.92. The lowest BCUT2D eigenvalue weighted by atomic mass is 10.0. The minimum absolute atomic E-state index is 0.00917. The average molecular weight is 554 g/mol. The predicted octanol–water partition coefficient (Wildman–Crippen LogP) is 5.05. The first-order valence-corrected chi connectivity index (χ1v) is 14.3. The molecule has 0 bridgehead atoms. The van der Waals surface area contributed by atoms with Gasteiger partial charge in [-0.3, -0.25) is 13.9 Å². The largest absolute Gasteiger partial charge is 0.350 e. The van der Waals surface area contributed by atoms with Gasteiger partial charge in [-0.1, -0.05) is 49.4 Å². The maximum atomic E-state index is 14.0. The fraction of sp³-hybridized carbons (Fsp3) is 0.333. The summed E-state index contributed by atoms with van der Waals surface area (Å²) < 4.78 is 42.2. The van der Waals surface area contributed by atoms with Crippen LogP contribution in [0.25, 0.3) is 0 Å². The third kappa shape index (κ3) is 7.66. The van der Waals surface area contributed by atoms with E-state index in [0.717, 1.165) is 27.6 Å². The van der Waals surface area contributed by atoms with Gasteiger partial charge in [-0.05, 0) is 81.6 Å². The van der Waals surface area contributed by atoms with Crippen LogP contribution in [0, 0.1) is 12.7 Å². The third-order valence-electron chi connectivity index (χ3n) is 6.21. The highest BCUT2D eigenvalue weighted by Gasteiger charge is 2.34. The molecule has 0 aliphatic rings. The molecule has 0 radical (unpaired) electrons. The Morgan fingerprint density at radius 1 is 0.923 bits per heavy atom. The monoisotopic (exact) mass is 553 g/mol. The fourth-order valence-corrected chi connectivity index (χ4v) is 5.63. The SMILES string of the molecule is CC[C@@H](C(=O)NC(C)(C)C)N(Cc1ccccc1C)C(=O)CN(c1ccc(F)cc1)S(=O)(=O)c1ccccc1. The lowest BCUT2D eigenvalue weighted by molar-refractivity contribution is -0.141. The third-order valence-corrected chi connectivity index (χ3v) is 8.00. The minimum atomic E-state index is -4.20. The molecule has 0 aliphatic heterocycles. The van der Waals surface area contributed by atoms with Crippen LogP contribution >= 0.6 is 0 Å². The van der Waals surface area contributed by atoms with Gasteiger partial charge < -0.3 is 10.2 Å². The molecule has 0 saturated heterocycles. The number of carbonyl (C=O) groups excluding carboxylic acids is 2. The van der Waals surface area contributed by atoms with Crippen LogP contribution in [0.5, 0.6) is 0 Å². The molecular formula is C30H36FN3O4S. The van der Waals surface area contributed by atoms with Crippen molar-refractivity contribution in [1.29, 1.82) is 0 Å². The fourth-order valence-electron chi connectivity index (χ4n) is 4.20. The lowest BCUT2D eigenvalue weighted by Gasteiger charge is -2.35. The molecule has 0 unspecified atom stereocenters. The van der Waals surface area contributed by atoms with Gasteiger partial charge in [0.05, 0.1) is 10.6 Å². The number of anilines is 1. The second kappa shape index (κ2) is 12.4. The summed E-state index contributed by atoms with van der Waals surface area (Å²) in [4.78, 5) is 28.8. The molecule has 208 valence electrons. The van der Waals surface area contributed by atoms with Crippen LogP contribution in [0.2, 0.25) is 0 Å². The van der Waals surface area contributed by atoms with Crippen molar-refractivity contribution in [2.75, 3.05) is 10.8 Å². The van der Waals surface area contributed by atoms with Gasteiger partial charge in [0, 0.05) is 12.1 Å². The zero-order valence-corrected chi connectivity index (χ0v) is 23.8. The van der Waals surface area contributed by atoms with Gasteiger partial charge in [0.2, 0.25) is 11.8 Å². The maximum Gasteiger partial charge on any atom is 0.264 e. The quantitative estimate of drug-likeness (QED) is 0.381. The van der Waals surface area contributed by atoms with Crippen molar-refractivity contribution in [3.05, 3.63) is 95.8 Å². The van der Waals surface area contributed by atoms with E-state index >= 15 is 0 Å². The molecule has 1 N–H and O–H groups in total. The Kier molecular flexibility index (Phi) is 9.50. The molecule has 3 aromatic rings. The summed E-state index contributed by atoms with van der Waals surface area (Å²) in [5, 5.41) is 2.95. The summed E-state index contributed by atoms with van der Waals surface area (Å²) in [6, 6.07) is 19.4. The van der Waals surface area contributed by atoms with E-state index in [4.69, 9.17) is 0 Å². The zero-order chi connectivity index (χ0) is 28.8. The molecule has 2 amide bonds. The van der Waals surface area contributed by atoms with Crippen molar-refractivity contribution < 1.29 is 22.4 Å². The van der Waals surface area contributed by atoms with Crippen molar-refractivity contribution in [2.45, 2.75) is 64.1 Å². The second-order valence-corrected chi connectivity index (χ2v) is 12.3. The lowest BCUT2D eigenvalue weighted by Crippen LogP contribution is -2.55. The number of sulfonamides is 1. The molecule has 9 heteroatoms. The minimum Gasteiger partial charge on any atom is -0.350 e. The number of aryl methyl sites for hydroxylation is 1. The van der Waals surface area contributed by atoms with E-state index in [-0.39, 0.29) is 23.0 Å². The number of hydrogen-bond donors (Lipinski definition) is 1. The van der Waals surface area contributed by atoms with E-state index in [1.54, 1.807) is 18.2 Å². The summed E-state index contributed by atoms with van der Waals surface area (Å²) in [6.07, 6.45) is 0.321. The van der Waals surface area contributed by atoms with Crippen molar-refractivity contribution in [3.63, 3.8) is 0 Å². The molecule has 0 heterocycles. The standard InChI is InChI=1S/C30H36FN3O4S/c1-6-27(29(36)32-30(3,4)5)33(20-23-13-11-10-12-22(23)2)28(35)21-34(25-18-16-24(31)17-19-25)39(37,38)26-14-8-7-9-15-26/h7-19,27H,6,20-21H2,1-5H3,(H,32,36)/t27-/m0/s1. The molecule has 0 aromatic heterocycles. The first-order chi connectivity index (χ1) is 18.3. The Hall–Kier alpha value is -3.72. The van der Waals surface area contributed by atoms with Crippen molar-refractivity contribution in [3.8, 4) is 0 Å². The number of rotatable bonds is 10. The number of nitrogens with one attached hydrogen (secondary N) is 1. The van der Waals surface area contributed by atoms with Crippen LogP contribution in [-0.2, 0) is 26.2 Å². The second-order valence-electron chi connectivity index (χ2n) is 10.4. The number of halogens is 1. The first kappa shape index (κ1) is 29.8. The molecular weight excluding hydrogens is 517 g/mol. The zero-order valence-electron chi connectivity index (χ0n) is 23.0. The van der Waals surface area contributed by atoms with Gasteiger partial charge in [0.25, 0.3) is 10.0 Å². The Bertz CT molecular complexity index is 1390. The normalized spacial score (nSPS) is 12.5. The summed E-state index contributed by atoms with van der Waals surface area (Å²) in [7, 11) is -4.20. The van der Waals surface area contributed by atoms with E-state index in [1.165, 1.54) is 29.2 Å². The molecule has 39 heavy (non-hydrogen) atoms. The van der Waals surface area contributed by atoms with Gasteiger partial charge in [-0.15, -0.1) is 0 Å². The Labute approximate surface area is 230 Å². The van der Waals surface area contributed by atoms with Gasteiger partial charge in [0.15, 0.2) is 0 Å². The highest BCUT2D eigenvalue weighted by atomic mass is 32.2.